The van der Waals surface area contributed by atoms with Gasteiger partial charge in [-0.1, -0.05) is 139 Å². The van der Waals surface area contributed by atoms with Crippen molar-refractivity contribution in [3.8, 4) is 0 Å². The maximum atomic E-state index is 13.4. The number of aryl methyl sites for hydroxylation is 6. The molecule has 6 aliphatic rings. The first kappa shape index (κ1) is 49.1. The molecule has 3 aromatic carbocycles. The first-order valence-corrected chi connectivity index (χ1v) is 33.0. The van der Waals surface area contributed by atoms with Crippen LogP contribution >= 0.6 is 41.3 Å². The lowest BCUT2D eigenvalue weighted by molar-refractivity contribution is 0.106. The maximum absolute atomic E-state index is 13.4. The lowest BCUT2D eigenvalue weighted by atomic mass is 9.98. The first-order valence-electron chi connectivity index (χ1n) is 23.5. The van der Waals surface area contributed by atoms with Crippen molar-refractivity contribution in [3.63, 3.8) is 0 Å². The summed E-state index contributed by atoms with van der Waals surface area (Å²) >= 11 is 30.8. The third kappa shape index (κ3) is 9.25. The van der Waals surface area contributed by atoms with E-state index in [-0.39, 0.29) is 5.52 Å². The number of benzene rings is 3. The Kier molecular flexibility index (Phi) is 16.0. The van der Waals surface area contributed by atoms with Crippen molar-refractivity contribution < 1.29 is 14.4 Å². The highest BCUT2D eigenvalue weighted by Gasteiger charge is 2.50. The quantitative estimate of drug-likeness (QED) is 0.229. The van der Waals surface area contributed by atoms with Crippen molar-refractivity contribution in [1.29, 1.82) is 0 Å². The third-order valence-corrected chi connectivity index (χ3v) is 35.3. The number of carbonyl (C=O) groups is 3. The Labute approximate surface area is 398 Å². The molecule has 6 bridgehead atoms. The van der Waals surface area contributed by atoms with Crippen molar-refractivity contribution >= 4 is 93.3 Å². The lowest BCUT2D eigenvalue weighted by Gasteiger charge is -2.45. The molecule has 9 rings (SSSR count). The lowest BCUT2D eigenvalue weighted by Crippen LogP contribution is -2.33. The molecule has 0 aromatic heterocycles. The summed E-state index contributed by atoms with van der Waals surface area (Å²) in [5, 5.41) is 0.908. The second-order valence-corrected chi connectivity index (χ2v) is 35.8. The van der Waals surface area contributed by atoms with Crippen molar-refractivity contribution in [2.75, 3.05) is 0 Å². The number of carbonyl (C=O) groups excluding carboxylic acids is 3. The fourth-order valence-electron chi connectivity index (χ4n) is 12.8. The van der Waals surface area contributed by atoms with Gasteiger partial charge in [0.25, 0.3) is 0 Å². The van der Waals surface area contributed by atoms with Crippen LogP contribution in [0.1, 0.15) is 180 Å². The molecule has 6 heterocycles. The van der Waals surface area contributed by atoms with E-state index >= 15 is 0 Å². The predicted octanol–water partition coefficient (Wildman–Crippen LogP) is 16.4. The molecule has 4 atom stereocenters. The summed E-state index contributed by atoms with van der Waals surface area (Å²) in [6.45, 7) is 12.5. The second kappa shape index (κ2) is 20.2. The zero-order valence-corrected chi connectivity index (χ0v) is 44.4. The van der Waals surface area contributed by atoms with Crippen LogP contribution in [0.25, 0.3) is 0 Å². The number of fused-ring (bicyclic) bond motifs is 6. The molecule has 3 nitrogen and oxygen atoms in total. The van der Waals surface area contributed by atoms with Gasteiger partial charge in [0.15, 0.2) is 16.6 Å². The van der Waals surface area contributed by atoms with Gasteiger partial charge in [0.1, 0.15) is 0 Å². The minimum absolute atomic E-state index is 0.0949. The minimum atomic E-state index is -2.07. The Morgan fingerprint density at radius 1 is 0.419 bits per heavy atom. The normalized spacial score (nSPS) is 32.3. The van der Waals surface area contributed by atoms with Crippen LogP contribution in [-0.4, -0.2) is 50.5 Å². The zero-order chi connectivity index (χ0) is 44.7. The largest absolute Gasteiger partial charge is 0.288 e. The Bertz CT molecular complexity index is 2170. The molecule has 0 N–H and O–H groups in total. The number of hydrogen-bond donors (Lipinski definition) is 0. The fraction of sp³-hybridized carbons (Fsp3) is 0.588. The molecule has 336 valence electrons. The number of rotatable bonds is 6. The van der Waals surface area contributed by atoms with Crippen LogP contribution in [0, 0.1) is 41.5 Å². The molecule has 0 radical (unpaired) electrons. The number of halogens is 2. The molecule has 0 amide bonds. The van der Waals surface area contributed by atoms with Crippen molar-refractivity contribution in [3.05, 3.63) is 103 Å². The molecule has 6 saturated heterocycles. The van der Waals surface area contributed by atoms with E-state index in [9.17, 15) is 14.4 Å². The van der Waals surface area contributed by atoms with Gasteiger partial charge in [-0.15, -0.1) is 0 Å². The molecule has 3 aromatic rings. The fourth-order valence-corrected chi connectivity index (χ4v) is 30.5. The Morgan fingerprint density at radius 2 is 0.661 bits per heavy atom. The molecule has 11 heteroatoms. The summed E-state index contributed by atoms with van der Waals surface area (Å²) in [5.74, 6) is 0. The Hall–Kier alpha value is -0.800. The van der Waals surface area contributed by atoms with Gasteiger partial charge >= 0.3 is 0 Å². The van der Waals surface area contributed by atoms with Gasteiger partial charge in [-0.3, -0.25) is 14.4 Å². The molecular weight excluding hydrogens is 921 g/mol. The summed E-state index contributed by atoms with van der Waals surface area (Å²) in [7, 11) is 0. The molecule has 62 heavy (non-hydrogen) atoms. The van der Waals surface area contributed by atoms with Crippen LogP contribution in [0.4, 0.5) is 0 Å². The summed E-state index contributed by atoms with van der Waals surface area (Å²) in [6.07, 6.45) is 21.6. The molecule has 0 saturated carbocycles. The molecule has 6 aliphatic heterocycles. The second-order valence-electron chi connectivity index (χ2n) is 19.7. The molecule has 6 fully saturated rings. The van der Waals surface area contributed by atoms with Crippen molar-refractivity contribution in [1.82, 2.24) is 0 Å². The SMILES string of the molecule is Cc1cc(C)c(C(=O)P2(=S)C3CCCC2CCC3)c(C)c1.Cc1cc(C)c(C(=O)P2(=S)C3CCCCC2CC3)c(C)c1.O=C(c1c(Cl)cccc1Cl)P1(=S)C2CCCCC1CC2. The summed E-state index contributed by atoms with van der Waals surface area (Å²) in [6, 6.07) is 7.91. The predicted molar refractivity (Wildman–Crippen MR) is 279 cm³/mol. The van der Waals surface area contributed by atoms with E-state index in [4.69, 9.17) is 58.6 Å². The van der Waals surface area contributed by atoms with E-state index in [0.717, 1.165) is 59.1 Å². The van der Waals surface area contributed by atoms with Crippen LogP contribution in [0.15, 0.2) is 42.5 Å². The molecule has 0 spiro atoms. The van der Waals surface area contributed by atoms with Gasteiger partial charge in [-0.2, -0.15) is 0 Å². The van der Waals surface area contributed by atoms with E-state index in [0.29, 0.717) is 60.6 Å². The van der Waals surface area contributed by atoms with Gasteiger partial charge in [-0.05, 0) is 187 Å². The topological polar surface area (TPSA) is 51.2 Å². The van der Waals surface area contributed by atoms with Gasteiger partial charge in [0, 0.05) is 29.2 Å². The van der Waals surface area contributed by atoms with Crippen LogP contribution < -0.4 is 0 Å². The highest BCUT2D eigenvalue weighted by molar-refractivity contribution is 8.24. The maximum Gasteiger partial charge on any atom is 0.197 e. The minimum Gasteiger partial charge on any atom is -0.288 e. The van der Waals surface area contributed by atoms with Gasteiger partial charge in [-0.25, -0.2) is 0 Å². The summed E-state index contributed by atoms with van der Waals surface area (Å²) < 4.78 is 0. The highest BCUT2D eigenvalue weighted by atomic mass is 35.5. The number of hydrogen-bond acceptors (Lipinski definition) is 6. The van der Waals surface area contributed by atoms with E-state index in [1.54, 1.807) is 18.2 Å². The van der Waals surface area contributed by atoms with E-state index in [2.05, 4.69) is 65.8 Å². The first-order chi connectivity index (χ1) is 29.4. The Morgan fingerprint density at radius 3 is 0.952 bits per heavy atom. The van der Waals surface area contributed by atoms with Crippen LogP contribution in [-0.2, 0) is 35.4 Å². The third-order valence-electron chi connectivity index (χ3n) is 15.6. The molecular formula is C51H67Cl2O3P3S3. The summed E-state index contributed by atoms with van der Waals surface area (Å²) in [5.41, 5.74) is 13.2. The van der Waals surface area contributed by atoms with Gasteiger partial charge in [0.05, 0.1) is 15.6 Å². The summed E-state index contributed by atoms with van der Waals surface area (Å²) in [4.78, 5) is 40.0. The van der Waals surface area contributed by atoms with Gasteiger partial charge < -0.3 is 0 Å². The average Bonchev–Trinajstić information content (AvgIpc) is 3.54. The van der Waals surface area contributed by atoms with Crippen LogP contribution in [0.3, 0.4) is 0 Å². The zero-order valence-electron chi connectivity index (χ0n) is 37.8. The smallest absolute Gasteiger partial charge is 0.197 e. The van der Waals surface area contributed by atoms with Crippen LogP contribution in [0.5, 0.6) is 0 Å². The van der Waals surface area contributed by atoms with Crippen molar-refractivity contribution in [2.45, 2.75) is 191 Å². The molecule has 4 unspecified atom stereocenters. The van der Waals surface area contributed by atoms with Gasteiger partial charge in [0.2, 0.25) is 0 Å². The standard InChI is InChI=1S/2C18H25OPS.C15H17Cl2OPS/c1-12-10-13(2)17(14(3)11-12)18(19)20(21)15-6-4-7-16(20)9-5-8-15;1-12-10-13(2)17(14(3)11-12)18(19)20(21)15-6-4-5-7-16(20)9-8-15;16-12-6-3-7-13(17)14(12)15(18)19(20)10-4-1-2-5-11(19)9-8-10/h2*10-11,15-16H,4-9H2,1-3H3;3,6-7,10-11H,1-2,4-5,8-9H2. The van der Waals surface area contributed by atoms with E-state index in [1.165, 1.54) is 101 Å². The average molecular weight is 988 g/mol. The van der Waals surface area contributed by atoms with Crippen LogP contribution in [0.2, 0.25) is 10.0 Å². The van der Waals surface area contributed by atoms with Crippen molar-refractivity contribution in [2.24, 2.45) is 0 Å². The Balaban J connectivity index is 0.000000140. The van der Waals surface area contributed by atoms with E-state index < -0.39 is 18.1 Å². The highest BCUT2D eigenvalue weighted by Crippen LogP contribution is 2.71. The monoisotopic (exact) mass is 986 g/mol. The molecule has 0 aliphatic carbocycles. The van der Waals surface area contributed by atoms with E-state index in [1.807, 2.05) is 0 Å².